The van der Waals surface area contributed by atoms with Gasteiger partial charge in [-0.3, -0.25) is 0 Å². The first-order valence-corrected chi connectivity index (χ1v) is 16.1. The van der Waals surface area contributed by atoms with Gasteiger partial charge in [0.05, 0.1) is 0 Å². The maximum absolute atomic E-state index is 3.35. The second-order valence-corrected chi connectivity index (χ2v) is 17.8. The van der Waals surface area contributed by atoms with E-state index < -0.39 is 13.3 Å². The fourth-order valence-electron chi connectivity index (χ4n) is 5.30. The Labute approximate surface area is 203 Å². The maximum atomic E-state index is 2.50. The second-order valence-electron chi connectivity index (χ2n) is 10.0. The van der Waals surface area contributed by atoms with Crippen molar-refractivity contribution in [3.05, 3.63) is 117 Å². The van der Waals surface area contributed by atoms with Gasteiger partial charge in [0.2, 0.25) is 0 Å². The van der Waals surface area contributed by atoms with Crippen LogP contribution in [0.3, 0.4) is 0 Å². The summed E-state index contributed by atoms with van der Waals surface area (Å²) in [5.74, 6) is 0. The molecule has 0 aliphatic rings. The Morgan fingerprint density at radius 2 is 0.727 bits per heavy atom. The molecule has 0 heterocycles. The quantitative estimate of drug-likeness (QED) is 0.328. The summed E-state index contributed by atoms with van der Waals surface area (Å²) >= 11 is -3.35. The first kappa shape index (κ1) is 23.6. The number of aryl methyl sites for hydroxylation is 8. The Morgan fingerprint density at radius 1 is 0.364 bits per heavy atom. The van der Waals surface area contributed by atoms with E-state index in [1.807, 2.05) is 0 Å². The van der Waals surface area contributed by atoms with E-state index in [0.29, 0.717) is 0 Å². The van der Waals surface area contributed by atoms with Gasteiger partial charge in [-0.2, -0.15) is 0 Å². The predicted octanol–water partition coefficient (Wildman–Crippen LogP) is 5.53. The van der Waals surface area contributed by atoms with E-state index in [1.165, 1.54) is 48.9 Å². The van der Waals surface area contributed by atoms with E-state index in [2.05, 4.69) is 128 Å². The van der Waals surface area contributed by atoms with Gasteiger partial charge in [0, 0.05) is 0 Å². The van der Waals surface area contributed by atoms with Crippen molar-refractivity contribution >= 4 is 30.8 Å². The molecule has 0 nitrogen and oxygen atoms in total. The SMILES string of the molecule is Cc1ccc(C)[c]([Ge]([c]2ccc(C)c(C)c2)([c]2cc(C)ccc2C)[c]2cc(C)ccc2C)c1. The van der Waals surface area contributed by atoms with Gasteiger partial charge in [0.1, 0.15) is 0 Å². The average Bonchev–Trinajstić information content (AvgIpc) is 2.78. The third kappa shape index (κ3) is 4.10. The zero-order valence-electron chi connectivity index (χ0n) is 21.4. The molecule has 0 unspecified atom stereocenters. The summed E-state index contributed by atoms with van der Waals surface area (Å²) < 4.78 is 6.19. The van der Waals surface area contributed by atoms with E-state index in [1.54, 1.807) is 13.2 Å². The first-order valence-electron chi connectivity index (χ1n) is 12.0. The van der Waals surface area contributed by atoms with Crippen LogP contribution in [-0.2, 0) is 0 Å². The van der Waals surface area contributed by atoms with Crippen molar-refractivity contribution < 1.29 is 0 Å². The Kier molecular flexibility index (Phi) is 6.42. The zero-order chi connectivity index (χ0) is 23.9. The molecule has 0 fully saturated rings. The normalized spacial score (nSPS) is 11.6. The molecule has 33 heavy (non-hydrogen) atoms. The fourth-order valence-corrected chi connectivity index (χ4v) is 17.7. The van der Waals surface area contributed by atoms with Crippen molar-refractivity contribution in [1.82, 2.24) is 0 Å². The molecule has 4 aromatic carbocycles. The predicted molar refractivity (Wildman–Crippen MR) is 148 cm³/mol. The van der Waals surface area contributed by atoms with Gasteiger partial charge in [0.25, 0.3) is 0 Å². The summed E-state index contributed by atoms with van der Waals surface area (Å²) in [6.07, 6.45) is 0. The monoisotopic (exact) mass is 494 g/mol. The molecule has 4 rings (SSSR count). The second kappa shape index (κ2) is 8.99. The summed E-state index contributed by atoms with van der Waals surface area (Å²) in [6.45, 7) is 18.1. The number of hydrogen-bond donors (Lipinski definition) is 0. The van der Waals surface area contributed by atoms with Gasteiger partial charge in [-0.25, -0.2) is 0 Å². The molecule has 4 aromatic rings. The van der Waals surface area contributed by atoms with Crippen LogP contribution in [0.15, 0.2) is 72.8 Å². The molecule has 0 aliphatic carbocycles. The molecule has 0 spiro atoms. The van der Waals surface area contributed by atoms with Gasteiger partial charge in [-0.15, -0.1) is 0 Å². The third-order valence-corrected chi connectivity index (χ3v) is 18.3. The summed E-state index contributed by atoms with van der Waals surface area (Å²) in [5.41, 5.74) is 11.0. The summed E-state index contributed by atoms with van der Waals surface area (Å²) in [5, 5.41) is 0. The van der Waals surface area contributed by atoms with Crippen molar-refractivity contribution in [2.75, 3.05) is 0 Å². The van der Waals surface area contributed by atoms with Crippen molar-refractivity contribution in [2.45, 2.75) is 55.4 Å². The minimum atomic E-state index is -3.35. The van der Waals surface area contributed by atoms with Crippen LogP contribution in [-0.4, -0.2) is 13.3 Å². The Balaban J connectivity index is 2.32. The van der Waals surface area contributed by atoms with Crippen molar-refractivity contribution in [1.29, 1.82) is 0 Å². The van der Waals surface area contributed by atoms with Crippen LogP contribution in [0.25, 0.3) is 0 Å². The topological polar surface area (TPSA) is 0 Å². The Hall–Kier alpha value is -2.58. The van der Waals surface area contributed by atoms with Crippen LogP contribution in [0, 0.1) is 55.4 Å². The van der Waals surface area contributed by atoms with Crippen molar-refractivity contribution in [3.8, 4) is 0 Å². The van der Waals surface area contributed by atoms with E-state index in [9.17, 15) is 0 Å². The van der Waals surface area contributed by atoms with Crippen molar-refractivity contribution in [3.63, 3.8) is 0 Å². The van der Waals surface area contributed by atoms with Gasteiger partial charge in [-0.05, 0) is 0 Å². The molecule has 0 saturated heterocycles. The third-order valence-electron chi connectivity index (χ3n) is 7.33. The molecular weight excluding hydrogens is 457 g/mol. The van der Waals surface area contributed by atoms with E-state index in [0.717, 1.165) is 0 Å². The van der Waals surface area contributed by atoms with E-state index in [4.69, 9.17) is 0 Å². The number of benzene rings is 4. The fraction of sp³-hybridized carbons (Fsp3) is 0.250. The summed E-state index contributed by atoms with van der Waals surface area (Å²) in [7, 11) is 0. The molecule has 0 aromatic heterocycles. The minimum absolute atomic E-state index is 1.34. The van der Waals surface area contributed by atoms with Gasteiger partial charge in [-0.1, -0.05) is 0 Å². The van der Waals surface area contributed by atoms with Crippen LogP contribution < -0.4 is 17.6 Å². The number of rotatable bonds is 4. The van der Waals surface area contributed by atoms with Gasteiger partial charge >= 0.3 is 204 Å². The van der Waals surface area contributed by atoms with Gasteiger partial charge < -0.3 is 0 Å². The summed E-state index contributed by atoms with van der Waals surface area (Å²) in [6, 6.07) is 28.6. The molecule has 0 saturated carbocycles. The molecule has 0 radical (unpaired) electrons. The molecule has 168 valence electrons. The van der Waals surface area contributed by atoms with Gasteiger partial charge in [0.15, 0.2) is 0 Å². The first-order chi connectivity index (χ1) is 15.6. The molecule has 0 aliphatic heterocycles. The molecular formula is C32H36Ge. The molecule has 0 atom stereocenters. The molecule has 0 bridgehead atoms. The molecule has 0 N–H and O–H groups in total. The Bertz CT molecular complexity index is 1220. The average molecular weight is 493 g/mol. The van der Waals surface area contributed by atoms with E-state index >= 15 is 0 Å². The van der Waals surface area contributed by atoms with Crippen LogP contribution in [0.4, 0.5) is 0 Å². The molecule has 0 amide bonds. The van der Waals surface area contributed by atoms with Crippen LogP contribution >= 0.6 is 0 Å². The zero-order valence-corrected chi connectivity index (χ0v) is 23.5. The summed E-state index contributed by atoms with van der Waals surface area (Å²) in [4.78, 5) is 0. The molecule has 1 heteroatoms. The standard InChI is InChI=1S/C32H36Ge/c1-21-9-12-25(5)30(17-21)33(29-16-15-24(4)28(8)20-29,31-18-22(2)10-13-26(31)6)32-19-23(3)11-14-27(32)7/h9-20H,1-8H3. The van der Waals surface area contributed by atoms with E-state index in [-0.39, 0.29) is 0 Å². The Morgan fingerprint density at radius 3 is 1.09 bits per heavy atom. The van der Waals surface area contributed by atoms with Crippen molar-refractivity contribution in [2.24, 2.45) is 0 Å². The van der Waals surface area contributed by atoms with Crippen LogP contribution in [0.5, 0.6) is 0 Å². The van der Waals surface area contributed by atoms with Crippen LogP contribution in [0.2, 0.25) is 0 Å². The van der Waals surface area contributed by atoms with Crippen LogP contribution in [0.1, 0.15) is 44.5 Å². The number of hydrogen-bond acceptors (Lipinski definition) is 0.